The van der Waals surface area contributed by atoms with Gasteiger partial charge in [0.05, 0.1) is 0 Å². The van der Waals surface area contributed by atoms with Gasteiger partial charge >= 0.3 is 0 Å². The van der Waals surface area contributed by atoms with Gasteiger partial charge in [0.1, 0.15) is 11.3 Å². The molecule has 0 atom stereocenters. The fraction of sp³-hybridized carbons (Fsp3) is 0.0476. The Hall–Kier alpha value is -2.51. The van der Waals surface area contributed by atoms with Crippen LogP contribution in [-0.2, 0) is 6.42 Å². The highest BCUT2D eigenvalue weighted by Crippen LogP contribution is 2.36. The van der Waals surface area contributed by atoms with E-state index in [0.29, 0.717) is 0 Å². The number of furan rings is 1. The molecule has 0 saturated carbocycles. The first-order valence-corrected chi connectivity index (χ1v) is 7.99. The SMILES string of the molecule is Clc1ccc(-c2c(Cc3ccccc3)oc3ccccc23)cc1. The maximum absolute atomic E-state index is 6.15. The predicted molar refractivity (Wildman–Crippen MR) is 95.9 cm³/mol. The quantitative estimate of drug-likeness (QED) is 0.429. The predicted octanol–water partition coefficient (Wildman–Crippen LogP) is 6.34. The number of hydrogen-bond acceptors (Lipinski definition) is 1. The van der Waals surface area contributed by atoms with Crippen LogP contribution in [0.25, 0.3) is 22.1 Å². The highest BCUT2D eigenvalue weighted by Gasteiger charge is 2.16. The molecule has 0 radical (unpaired) electrons. The average molecular weight is 319 g/mol. The van der Waals surface area contributed by atoms with Crippen molar-refractivity contribution in [2.45, 2.75) is 6.42 Å². The van der Waals surface area contributed by atoms with Crippen molar-refractivity contribution in [2.24, 2.45) is 0 Å². The lowest BCUT2D eigenvalue weighted by molar-refractivity contribution is 0.564. The fourth-order valence-corrected chi connectivity index (χ4v) is 3.06. The third-order valence-corrected chi connectivity index (χ3v) is 4.26. The molecule has 0 aliphatic rings. The zero-order chi connectivity index (χ0) is 15.6. The molecule has 0 spiro atoms. The van der Waals surface area contributed by atoms with Crippen LogP contribution in [0.15, 0.2) is 83.3 Å². The van der Waals surface area contributed by atoms with Gasteiger partial charge in [-0.1, -0.05) is 72.3 Å². The summed E-state index contributed by atoms with van der Waals surface area (Å²) in [6.07, 6.45) is 0.771. The third kappa shape index (κ3) is 2.76. The van der Waals surface area contributed by atoms with Crippen molar-refractivity contribution in [3.8, 4) is 11.1 Å². The van der Waals surface area contributed by atoms with E-state index in [1.807, 2.05) is 48.5 Å². The number of hydrogen-bond donors (Lipinski definition) is 0. The van der Waals surface area contributed by atoms with Crippen LogP contribution in [0.3, 0.4) is 0 Å². The van der Waals surface area contributed by atoms with E-state index in [1.165, 1.54) is 5.56 Å². The summed E-state index contributed by atoms with van der Waals surface area (Å²) in [6.45, 7) is 0. The van der Waals surface area contributed by atoms with Gasteiger partial charge in [-0.15, -0.1) is 0 Å². The van der Waals surface area contributed by atoms with Gasteiger partial charge in [0, 0.05) is 22.4 Å². The van der Waals surface area contributed by atoms with Gasteiger partial charge in [-0.2, -0.15) is 0 Å². The molecule has 0 N–H and O–H groups in total. The summed E-state index contributed by atoms with van der Waals surface area (Å²) in [5.41, 5.74) is 4.44. The molecule has 0 bridgehead atoms. The first-order valence-electron chi connectivity index (χ1n) is 7.61. The van der Waals surface area contributed by atoms with E-state index < -0.39 is 0 Å². The van der Waals surface area contributed by atoms with Crippen LogP contribution in [0.1, 0.15) is 11.3 Å². The van der Waals surface area contributed by atoms with Crippen molar-refractivity contribution < 1.29 is 4.42 Å². The van der Waals surface area contributed by atoms with E-state index >= 15 is 0 Å². The second-order valence-electron chi connectivity index (χ2n) is 5.57. The molecule has 0 aliphatic heterocycles. The smallest absolute Gasteiger partial charge is 0.134 e. The highest BCUT2D eigenvalue weighted by atomic mass is 35.5. The standard InChI is InChI=1S/C21H15ClO/c22-17-12-10-16(11-13-17)21-18-8-4-5-9-19(18)23-20(21)14-15-6-2-1-3-7-15/h1-13H,14H2. The van der Waals surface area contributed by atoms with Gasteiger partial charge in [0.25, 0.3) is 0 Å². The van der Waals surface area contributed by atoms with E-state index in [2.05, 4.69) is 30.3 Å². The first-order chi connectivity index (χ1) is 11.3. The van der Waals surface area contributed by atoms with Gasteiger partial charge in [-0.25, -0.2) is 0 Å². The number of benzene rings is 3. The largest absolute Gasteiger partial charge is 0.460 e. The Morgan fingerprint density at radius 3 is 2.22 bits per heavy atom. The summed E-state index contributed by atoms with van der Waals surface area (Å²) in [5.74, 6) is 0.986. The van der Waals surface area contributed by atoms with Crippen LogP contribution < -0.4 is 0 Å². The topological polar surface area (TPSA) is 13.1 Å². The minimum Gasteiger partial charge on any atom is -0.460 e. The van der Waals surface area contributed by atoms with Crippen molar-refractivity contribution in [1.82, 2.24) is 0 Å². The van der Waals surface area contributed by atoms with Gasteiger partial charge in [0.2, 0.25) is 0 Å². The number of para-hydroxylation sites is 1. The molecule has 1 nitrogen and oxygen atoms in total. The molecule has 1 aromatic heterocycles. The minimum absolute atomic E-state index is 0.742. The van der Waals surface area contributed by atoms with Crippen molar-refractivity contribution in [1.29, 1.82) is 0 Å². The molecule has 23 heavy (non-hydrogen) atoms. The van der Waals surface area contributed by atoms with Gasteiger partial charge in [-0.05, 0) is 29.3 Å². The molecule has 3 aromatic carbocycles. The molecule has 0 aliphatic carbocycles. The summed E-state index contributed by atoms with van der Waals surface area (Å²) in [6, 6.07) is 26.5. The minimum atomic E-state index is 0.742. The van der Waals surface area contributed by atoms with E-state index in [4.69, 9.17) is 16.0 Å². The molecule has 0 amide bonds. The van der Waals surface area contributed by atoms with Crippen molar-refractivity contribution >= 4 is 22.6 Å². The third-order valence-electron chi connectivity index (χ3n) is 4.01. The Kier molecular flexibility index (Phi) is 3.64. The van der Waals surface area contributed by atoms with Crippen molar-refractivity contribution in [3.05, 3.63) is 95.2 Å². The molecule has 112 valence electrons. The van der Waals surface area contributed by atoms with Crippen LogP contribution in [-0.4, -0.2) is 0 Å². The molecule has 0 unspecified atom stereocenters. The zero-order valence-electron chi connectivity index (χ0n) is 12.5. The Bertz CT molecular complexity index is 937. The van der Waals surface area contributed by atoms with Gasteiger partial charge in [-0.3, -0.25) is 0 Å². The zero-order valence-corrected chi connectivity index (χ0v) is 13.3. The van der Waals surface area contributed by atoms with Crippen LogP contribution in [0.4, 0.5) is 0 Å². The van der Waals surface area contributed by atoms with Gasteiger partial charge in [0.15, 0.2) is 0 Å². The number of rotatable bonds is 3. The summed E-state index contributed by atoms with van der Waals surface area (Å²) >= 11 is 6.04. The fourth-order valence-electron chi connectivity index (χ4n) is 2.93. The Balaban J connectivity index is 1.89. The number of halogens is 1. The molecule has 0 fully saturated rings. The second-order valence-corrected chi connectivity index (χ2v) is 6.00. The Labute approximate surface area is 140 Å². The normalized spacial score (nSPS) is 11.0. The van der Waals surface area contributed by atoms with E-state index in [9.17, 15) is 0 Å². The maximum Gasteiger partial charge on any atom is 0.134 e. The summed E-state index contributed by atoms with van der Waals surface area (Å²) in [4.78, 5) is 0. The molecule has 4 aromatic rings. The molecular formula is C21H15ClO. The summed E-state index contributed by atoms with van der Waals surface area (Å²) in [5, 5.41) is 1.88. The second kappa shape index (κ2) is 5.94. The van der Waals surface area contributed by atoms with Crippen LogP contribution in [0, 0.1) is 0 Å². The van der Waals surface area contributed by atoms with E-state index in [-0.39, 0.29) is 0 Å². The lowest BCUT2D eigenvalue weighted by atomic mass is 9.99. The average Bonchev–Trinajstić information content (AvgIpc) is 2.94. The highest BCUT2D eigenvalue weighted by molar-refractivity contribution is 6.30. The maximum atomic E-state index is 6.15. The van der Waals surface area contributed by atoms with E-state index in [1.54, 1.807) is 0 Å². The van der Waals surface area contributed by atoms with Crippen LogP contribution in [0.5, 0.6) is 0 Å². The van der Waals surface area contributed by atoms with E-state index in [0.717, 1.165) is 39.3 Å². The molecule has 4 rings (SSSR count). The lowest BCUT2D eigenvalue weighted by Crippen LogP contribution is -1.88. The van der Waals surface area contributed by atoms with Crippen LogP contribution >= 0.6 is 11.6 Å². The first kappa shape index (κ1) is 14.1. The van der Waals surface area contributed by atoms with Crippen molar-refractivity contribution in [2.75, 3.05) is 0 Å². The molecular weight excluding hydrogens is 304 g/mol. The summed E-state index contributed by atoms with van der Waals surface area (Å²) in [7, 11) is 0. The number of fused-ring (bicyclic) bond motifs is 1. The molecule has 2 heteroatoms. The van der Waals surface area contributed by atoms with Crippen LogP contribution in [0.2, 0.25) is 5.02 Å². The Morgan fingerprint density at radius 2 is 1.43 bits per heavy atom. The van der Waals surface area contributed by atoms with Gasteiger partial charge < -0.3 is 4.42 Å². The molecule has 1 heterocycles. The monoisotopic (exact) mass is 318 g/mol. The Morgan fingerprint density at radius 1 is 0.739 bits per heavy atom. The van der Waals surface area contributed by atoms with Crippen molar-refractivity contribution in [3.63, 3.8) is 0 Å². The summed E-state index contributed by atoms with van der Waals surface area (Å²) < 4.78 is 6.15. The molecule has 0 saturated heterocycles. The lowest BCUT2D eigenvalue weighted by Gasteiger charge is -2.04.